The van der Waals surface area contributed by atoms with Gasteiger partial charge in [-0.3, -0.25) is 16.0 Å². The SMILES string of the molecule is CCCCCCCCC(NN)c1c(OC)cnn1C(C)C. The van der Waals surface area contributed by atoms with Gasteiger partial charge >= 0.3 is 0 Å². The van der Waals surface area contributed by atoms with Crippen LogP contribution < -0.4 is 16.0 Å². The van der Waals surface area contributed by atoms with Crippen LogP contribution in [0, 0.1) is 0 Å². The van der Waals surface area contributed by atoms with Gasteiger partial charge in [-0.25, -0.2) is 0 Å². The van der Waals surface area contributed by atoms with Crippen LogP contribution in [-0.4, -0.2) is 16.9 Å². The minimum atomic E-state index is 0.0935. The molecular formula is C16H32N4O. The van der Waals surface area contributed by atoms with Crippen LogP contribution in [0.15, 0.2) is 6.20 Å². The van der Waals surface area contributed by atoms with Gasteiger partial charge in [0, 0.05) is 6.04 Å². The minimum absolute atomic E-state index is 0.0935. The summed E-state index contributed by atoms with van der Waals surface area (Å²) in [6.45, 7) is 6.48. The molecule has 1 atom stereocenters. The number of nitrogens with two attached hydrogens (primary N) is 1. The van der Waals surface area contributed by atoms with Crippen molar-refractivity contribution in [2.75, 3.05) is 7.11 Å². The van der Waals surface area contributed by atoms with Crippen LogP contribution in [0.1, 0.15) is 83.5 Å². The summed E-state index contributed by atoms with van der Waals surface area (Å²) in [5.41, 5.74) is 3.99. The van der Waals surface area contributed by atoms with Crippen molar-refractivity contribution in [2.45, 2.75) is 77.8 Å². The van der Waals surface area contributed by atoms with Crippen molar-refractivity contribution >= 4 is 0 Å². The highest BCUT2D eigenvalue weighted by Gasteiger charge is 2.22. The lowest BCUT2D eigenvalue weighted by Crippen LogP contribution is -2.30. The largest absolute Gasteiger partial charge is 0.493 e. The predicted octanol–water partition coefficient (Wildman–Crippen LogP) is 3.73. The van der Waals surface area contributed by atoms with Crippen molar-refractivity contribution < 1.29 is 4.74 Å². The summed E-state index contributed by atoms with van der Waals surface area (Å²) in [6.07, 6.45) is 10.5. The van der Waals surface area contributed by atoms with E-state index in [4.69, 9.17) is 10.6 Å². The zero-order valence-electron chi connectivity index (χ0n) is 14.1. The van der Waals surface area contributed by atoms with Gasteiger partial charge in [-0.1, -0.05) is 45.4 Å². The van der Waals surface area contributed by atoms with Crippen LogP contribution in [0.25, 0.3) is 0 Å². The molecule has 0 aliphatic rings. The van der Waals surface area contributed by atoms with Crippen LogP contribution >= 0.6 is 0 Å². The Morgan fingerprint density at radius 2 is 1.90 bits per heavy atom. The molecule has 1 rings (SSSR count). The van der Waals surface area contributed by atoms with Crippen molar-refractivity contribution in [2.24, 2.45) is 5.84 Å². The molecule has 0 spiro atoms. The van der Waals surface area contributed by atoms with E-state index in [-0.39, 0.29) is 6.04 Å². The maximum Gasteiger partial charge on any atom is 0.161 e. The fourth-order valence-corrected chi connectivity index (χ4v) is 2.68. The van der Waals surface area contributed by atoms with E-state index >= 15 is 0 Å². The molecule has 0 aromatic carbocycles. The second-order valence-electron chi connectivity index (χ2n) is 5.91. The zero-order valence-corrected chi connectivity index (χ0v) is 14.1. The summed E-state index contributed by atoms with van der Waals surface area (Å²) in [6, 6.07) is 0.389. The van der Waals surface area contributed by atoms with Crippen molar-refractivity contribution in [3.05, 3.63) is 11.9 Å². The minimum Gasteiger partial charge on any atom is -0.493 e. The third kappa shape index (κ3) is 5.32. The molecule has 5 heteroatoms. The molecule has 0 amide bonds. The molecule has 0 fully saturated rings. The summed E-state index contributed by atoms with van der Waals surface area (Å²) in [4.78, 5) is 0. The first-order chi connectivity index (χ1) is 10.2. The van der Waals surface area contributed by atoms with Gasteiger partial charge in [-0.2, -0.15) is 5.10 Å². The van der Waals surface area contributed by atoms with E-state index in [1.807, 2.05) is 4.68 Å². The third-order valence-corrected chi connectivity index (χ3v) is 3.89. The molecule has 0 aliphatic carbocycles. The maximum atomic E-state index is 5.77. The van der Waals surface area contributed by atoms with Crippen molar-refractivity contribution in [1.82, 2.24) is 15.2 Å². The average Bonchev–Trinajstić information content (AvgIpc) is 2.90. The molecule has 0 saturated carbocycles. The van der Waals surface area contributed by atoms with E-state index in [0.29, 0.717) is 6.04 Å². The summed E-state index contributed by atoms with van der Waals surface area (Å²) in [5.74, 6) is 6.59. The molecule has 1 heterocycles. The van der Waals surface area contributed by atoms with Crippen LogP contribution in [-0.2, 0) is 0 Å². The number of hydrazine groups is 1. The first kappa shape index (κ1) is 18.0. The molecule has 21 heavy (non-hydrogen) atoms. The lowest BCUT2D eigenvalue weighted by Gasteiger charge is -2.20. The maximum absolute atomic E-state index is 5.77. The quantitative estimate of drug-likeness (QED) is 0.371. The summed E-state index contributed by atoms with van der Waals surface area (Å²) >= 11 is 0. The van der Waals surface area contributed by atoms with E-state index in [9.17, 15) is 0 Å². The molecule has 1 unspecified atom stereocenters. The van der Waals surface area contributed by atoms with Crippen molar-refractivity contribution in [1.29, 1.82) is 0 Å². The fourth-order valence-electron chi connectivity index (χ4n) is 2.68. The van der Waals surface area contributed by atoms with Gasteiger partial charge in [0.25, 0.3) is 0 Å². The van der Waals surface area contributed by atoms with Crippen LogP contribution in [0.3, 0.4) is 0 Å². The molecule has 0 aliphatic heterocycles. The molecule has 0 radical (unpaired) electrons. The van der Waals surface area contributed by atoms with Gasteiger partial charge in [0.1, 0.15) is 0 Å². The summed E-state index contributed by atoms with van der Waals surface area (Å²) in [5, 5.41) is 4.42. The first-order valence-electron chi connectivity index (χ1n) is 8.23. The van der Waals surface area contributed by atoms with Gasteiger partial charge in [0.2, 0.25) is 0 Å². The Bertz CT molecular complexity index is 390. The number of rotatable bonds is 11. The highest BCUT2D eigenvalue weighted by Crippen LogP contribution is 2.30. The molecule has 1 aromatic heterocycles. The molecule has 122 valence electrons. The fraction of sp³-hybridized carbons (Fsp3) is 0.812. The van der Waals surface area contributed by atoms with Gasteiger partial charge in [-0.15, -0.1) is 0 Å². The van der Waals surface area contributed by atoms with E-state index in [1.165, 1.54) is 38.5 Å². The van der Waals surface area contributed by atoms with Gasteiger partial charge in [-0.05, 0) is 20.3 Å². The smallest absolute Gasteiger partial charge is 0.161 e. The van der Waals surface area contributed by atoms with Crippen LogP contribution in [0.2, 0.25) is 0 Å². The van der Waals surface area contributed by atoms with Gasteiger partial charge in [0.15, 0.2) is 5.75 Å². The standard InChI is InChI=1S/C16H32N4O/c1-5-6-7-8-9-10-11-14(19-17)16-15(21-4)12-18-20(16)13(2)3/h12-14,19H,5-11,17H2,1-4H3. The number of nitrogens with zero attached hydrogens (tertiary/aromatic N) is 2. The van der Waals surface area contributed by atoms with E-state index < -0.39 is 0 Å². The normalized spacial score (nSPS) is 12.9. The number of hydrogen-bond acceptors (Lipinski definition) is 4. The Morgan fingerprint density at radius 1 is 1.24 bits per heavy atom. The van der Waals surface area contributed by atoms with E-state index in [0.717, 1.165) is 17.9 Å². The number of ether oxygens (including phenoxy) is 1. The summed E-state index contributed by atoms with van der Waals surface area (Å²) in [7, 11) is 1.68. The Labute approximate surface area is 129 Å². The number of hydrogen-bond donors (Lipinski definition) is 2. The highest BCUT2D eigenvalue weighted by atomic mass is 16.5. The lowest BCUT2D eigenvalue weighted by molar-refractivity contribution is 0.373. The molecule has 3 N–H and O–H groups in total. The van der Waals surface area contributed by atoms with Crippen LogP contribution in [0.5, 0.6) is 5.75 Å². The molecular weight excluding hydrogens is 264 g/mol. The molecule has 0 bridgehead atoms. The highest BCUT2D eigenvalue weighted by molar-refractivity contribution is 5.28. The van der Waals surface area contributed by atoms with E-state index in [1.54, 1.807) is 13.3 Å². The third-order valence-electron chi connectivity index (χ3n) is 3.89. The number of methoxy groups -OCH3 is 1. The average molecular weight is 296 g/mol. The number of unbranched alkanes of at least 4 members (excludes halogenated alkanes) is 5. The Morgan fingerprint density at radius 3 is 2.48 bits per heavy atom. The predicted molar refractivity (Wildman–Crippen MR) is 87.2 cm³/mol. The number of nitrogens with one attached hydrogen (secondary N) is 1. The van der Waals surface area contributed by atoms with Crippen molar-refractivity contribution in [3.63, 3.8) is 0 Å². The zero-order chi connectivity index (χ0) is 15.7. The number of aromatic nitrogens is 2. The first-order valence-corrected chi connectivity index (χ1v) is 8.23. The van der Waals surface area contributed by atoms with Gasteiger partial charge < -0.3 is 4.74 Å². The lowest BCUT2D eigenvalue weighted by atomic mass is 10.0. The molecule has 0 saturated heterocycles. The Kier molecular flexibility index (Phi) is 8.38. The second kappa shape index (κ2) is 9.79. The second-order valence-corrected chi connectivity index (χ2v) is 5.91. The topological polar surface area (TPSA) is 65.1 Å². The summed E-state index contributed by atoms with van der Waals surface area (Å²) < 4.78 is 7.44. The van der Waals surface area contributed by atoms with Gasteiger partial charge in [0.05, 0.1) is 25.0 Å². The monoisotopic (exact) mass is 296 g/mol. The van der Waals surface area contributed by atoms with E-state index in [2.05, 4.69) is 31.3 Å². The Hall–Kier alpha value is -1.07. The van der Waals surface area contributed by atoms with Crippen molar-refractivity contribution in [3.8, 4) is 5.75 Å². The molecule has 5 nitrogen and oxygen atoms in total. The van der Waals surface area contributed by atoms with Crippen LogP contribution in [0.4, 0.5) is 0 Å². The Balaban J connectivity index is 2.60. The molecule has 1 aromatic rings.